The molecule has 2 saturated heterocycles. The number of hydrogen-bond acceptors (Lipinski definition) is 6. The van der Waals surface area contributed by atoms with E-state index in [0.29, 0.717) is 16.6 Å². The first-order valence-corrected chi connectivity index (χ1v) is 18.0. The van der Waals surface area contributed by atoms with Crippen molar-refractivity contribution in [1.29, 1.82) is 0 Å². The lowest BCUT2D eigenvalue weighted by atomic mass is 9.51. The first kappa shape index (κ1) is 33.1. The van der Waals surface area contributed by atoms with Gasteiger partial charge in [0.05, 0.1) is 39.6 Å². The summed E-state index contributed by atoms with van der Waals surface area (Å²) in [5.41, 5.74) is 2.10. The topological polar surface area (TPSA) is 107 Å². The number of imide groups is 2. The van der Waals surface area contributed by atoms with Gasteiger partial charge in [0, 0.05) is 28.2 Å². The highest BCUT2D eigenvalue weighted by Crippen LogP contribution is 2.65. The van der Waals surface area contributed by atoms with Crippen molar-refractivity contribution in [2.24, 2.45) is 29.1 Å². The predicted molar refractivity (Wildman–Crippen MR) is 200 cm³/mol. The average Bonchev–Trinajstić information content (AvgIpc) is 3.53. The lowest BCUT2D eigenvalue weighted by molar-refractivity contribution is -0.131. The van der Waals surface area contributed by atoms with E-state index in [1.54, 1.807) is 31.2 Å². The van der Waals surface area contributed by atoms with E-state index in [0.717, 1.165) is 33.3 Å². The molecular formula is C43H33ClFN3O5. The number of hydrogen-bond donors (Lipinski definition) is 2. The minimum absolute atomic E-state index is 0.0140. The standard InChI is InChI=1S/C43H33ClFN3O5/c1-43-33(40(51)48(42(43)53)27-16-20-35(45)34(44)21-27)22-32-29(37(43)31-17-11-23-7-5-6-10-28(23)38(31)49)18-19-30-36(32)41(52)47(39(30)50)26-14-12-25(13-15-26)46-24-8-3-2-4-9-24/h2-18,20-21,30,32-33,36-37,46,49H,19,22H2,1H3/t30-,32+,33-,36-,37+,43+/m0/s1. The van der Waals surface area contributed by atoms with Crippen LogP contribution in [0.5, 0.6) is 5.75 Å². The number of phenolic OH excluding ortho intramolecular Hbond substituents is 1. The minimum Gasteiger partial charge on any atom is -0.507 e. The highest BCUT2D eigenvalue weighted by Gasteiger charge is 2.68. The van der Waals surface area contributed by atoms with Gasteiger partial charge >= 0.3 is 0 Å². The summed E-state index contributed by atoms with van der Waals surface area (Å²) in [6.45, 7) is 1.74. The van der Waals surface area contributed by atoms with Crippen LogP contribution in [0.25, 0.3) is 10.8 Å². The number of allylic oxidation sites excluding steroid dienone is 2. The molecule has 2 N–H and O–H groups in total. The SMILES string of the molecule is C[C@@]12C(=O)N(c3ccc(F)c(Cl)c3)C(=O)[C@@H]1C[C@@H]1C(=CC[C@@H]3C(=O)N(c4ccc(Nc5ccccc5)cc4)C(=O)[C@@H]31)[C@@H]2c1ccc2ccccc2c1O. The number of amides is 4. The minimum atomic E-state index is -1.39. The van der Waals surface area contributed by atoms with Gasteiger partial charge in [-0.2, -0.15) is 0 Å². The molecule has 3 fully saturated rings. The van der Waals surface area contributed by atoms with Gasteiger partial charge in [0.1, 0.15) is 11.6 Å². The summed E-state index contributed by atoms with van der Waals surface area (Å²) in [7, 11) is 0. The van der Waals surface area contributed by atoms with Crippen molar-refractivity contribution in [3.63, 3.8) is 0 Å². The molecule has 2 heterocycles. The van der Waals surface area contributed by atoms with Crippen molar-refractivity contribution in [1.82, 2.24) is 0 Å². The van der Waals surface area contributed by atoms with Gasteiger partial charge in [0.15, 0.2) is 0 Å². The Kier molecular flexibility index (Phi) is 7.57. The molecule has 53 heavy (non-hydrogen) atoms. The number of fused-ring (bicyclic) bond motifs is 5. The zero-order valence-electron chi connectivity index (χ0n) is 28.5. The first-order valence-electron chi connectivity index (χ1n) is 17.6. The molecule has 9 rings (SSSR count). The summed E-state index contributed by atoms with van der Waals surface area (Å²) < 4.78 is 14.2. The van der Waals surface area contributed by atoms with Crippen LogP contribution in [0, 0.1) is 34.9 Å². The maximum atomic E-state index is 14.8. The fraction of sp³-hybridized carbons (Fsp3) is 0.209. The molecule has 1 saturated carbocycles. The van der Waals surface area contributed by atoms with E-state index in [2.05, 4.69) is 5.32 Å². The lowest BCUT2D eigenvalue weighted by Gasteiger charge is -2.49. The Morgan fingerprint density at radius 2 is 1.47 bits per heavy atom. The van der Waals surface area contributed by atoms with Crippen LogP contribution in [0.1, 0.15) is 31.2 Å². The Bertz CT molecular complexity index is 2420. The third-order valence-electron chi connectivity index (χ3n) is 11.9. The van der Waals surface area contributed by atoms with Gasteiger partial charge < -0.3 is 10.4 Å². The number of halogens is 2. The Morgan fingerprint density at radius 1 is 0.774 bits per heavy atom. The maximum Gasteiger partial charge on any atom is 0.241 e. The molecule has 0 aromatic heterocycles. The largest absolute Gasteiger partial charge is 0.507 e. The van der Waals surface area contributed by atoms with E-state index >= 15 is 0 Å². The van der Waals surface area contributed by atoms with E-state index in [1.165, 1.54) is 17.0 Å². The summed E-state index contributed by atoms with van der Waals surface area (Å²) in [5.74, 6) is -6.12. The molecule has 0 radical (unpaired) electrons. The average molecular weight is 726 g/mol. The number of para-hydroxylation sites is 1. The van der Waals surface area contributed by atoms with Crippen LogP contribution < -0.4 is 15.1 Å². The van der Waals surface area contributed by atoms with Crippen molar-refractivity contribution in [2.75, 3.05) is 15.1 Å². The summed E-state index contributed by atoms with van der Waals surface area (Å²) in [6.07, 6.45) is 2.34. The number of carbonyl (C=O) groups is 4. The van der Waals surface area contributed by atoms with Crippen LogP contribution in [-0.2, 0) is 19.2 Å². The molecule has 10 heteroatoms. The molecule has 0 unspecified atom stereocenters. The number of phenols is 1. The number of nitrogens with one attached hydrogen (secondary N) is 1. The highest BCUT2D eigenvalue weighted by molar-refractivity contribution is 6.32. The third-order valence-corrected chi connectivity index (χ3v) is 12.2. The van der Waals surface area contributed by atoms with Crippen LogP contribution in [0.15, 0.2) is 121 Å². The molecule has 4 aliphatic rings. The van der Waals surface area contributed by atoms with Gasteiger partial charge in [0.25, 0.3) is 0 Å². The summed E-state index contributed by atoms with van der Waals surface area (Å²) in [4.78, 5) is 60.2. The van der Waals surface area contributed by atoms with Crippen LogP contribution in [0.2, 0.25) is 5.02 Å². The fourth-order valence-corrected chi connectivity index (χ4v) is 9.55. The van der Waals surface area contributed by atoms with Gasteiger partial charge in [-0.25, -0.2) is 9.29 Å². The van der Waals surface area contributed by atoms with Crippen LogP contribution in [0.3, 0.4) is 0 Å². The van der Waals surface area contributed by atoms with Crippen LogP contribution >= 0.6 is 11.6 Å². The second-order valence-corrected chi connectivity index (χ2v) is 14.9. The van der Waals surface area contributed by atoms with Gasteiger partial charge in [0.2, 0.25) is 23.6 Å². The Hall–Kier alpha value is -5.80. The Balaban J connectivity index is 1.13. The number of rotatable bonds is 5. The van der Waals surface area contributed by atoms with E-state index < -0.39 is 52.6 Å². The van der Waals surface area contributed by atoms with Gasteiger partial charge in [-0.3, -0.25) is 24.1 Å². The fourth-order valence-electron chi connectivity index (χ4n) is 9.37. The zero-order valence-corrected chi connectivity index (χ0v) is 29.3. The third kappa shape index (κ3) is 4.87. The Labute approximate surface area is 309 Å². The summed E-state index contributed by atoms with van der Waals surface area (Å²) in [5, 5.41) is 16.4. The number of anilines is 4. The zero-order chi connectivity index (χ0) is 36.8. The van der Waals surface area contributed by atoms with Gasteiger partial charge in [-0.1, -0.05) is 77.8 Å². The number of carbonyl (C=O) groups excluding carboxylic acids is 4. The monoisotopic (exact) mass is 725 g/mol. The van der Waals surface area contributed by atoms with Crippen molar-refractivity contribution < 1.29 is 28.7 Å². The van der Waals surface area contributed by atoms with Crippen molar-refractivity contribution in [3.8, 4) is 5.75 Å². The van der Waals surface area contributed by atoms with Crippen LogP contribution in [-0.4, -0.2) is 28.7 Å². The van der Waals surface area contributed by atoms with E-state index in [-0.39, 0.29) is 41.1 Å². The van der Waals surface area contributed by atoms with Gasteiger partial charge in [-0.15, -0.1) is 0 Å². The molecule has 4 amide bonds. The van der Waals surface area contributed by atoms with Crippen molar-refractivity contribution in [3.05, 3.63) is 137 Å². The molecule has 0 spiro atoms. The molecule has 6 atom stereocenters. The van der Waals surface area contributed by atoms with Gasteiger partial charge in [-0.05, 0) is 85.7 Å². The van der Waals surface area contributed by atoms with Crippen molar-refractivity contribution in [2.45, 2.75) is 25.7 Å². The smallest absolute Gasteiger partial charge is 0.241 e. The second-order valence-electron chi connectivity index (χ2n) is 14.5. The quantitative estimate of drug-likeness (QED) is 0.139. The summed E-state index contributed by atoms with van der Waals surface area (Å²) in [6, 6.07) is 31.5. The first-order chi connectivity index (χ1) is 25.6. The molecular weight excluding hydrogens is 693 g/mol. The normalized spacial score (nSPS) is 26.4. The number of benzene rings is 5. The second kappa shape index (κ2) is 12.1. The maximum absolute atomic E-state index is 14.8. The Morgan fingerprint density at radius 3 is 2.23 bits per heavy atom. The molecule has 5 aromatic carbocycles. The number of nitrogens with zero attached hydrogens (tertiary/aromatic N) is 2. The summed E-state index contributed by atoms with van der Waals surface area (Å²) >= 11 is 6.13. The lowest BCUT2D eigenvalue weighted by Crippen LogP contribution is -2.48. The van der Waals surface area contributed by atoms with E-state index in [9.17, 15) is 28.7 Å². The van der Waals surface area contributed by atoms with Crippen molar-refractivity contribution >= 4 is 68.8 Å². The number of aromatic hydroxyl groups is 1. The van der Waals surface area contributed by atoms with Crippen LogP contribution in [0.4, 0.5) is 27.1 Å². The highest BCUT2D eigenvalue weighted by atomic mass is 35.5. The molecule has 8 nitrogen and oxygen atoms in total. The molecule has 2 aliphatic carbocycles. The molecule has 2 aliphatic heterocycles. The molecule has 5 aromatic rings. The predicted octanol–water partition coefficient (Wildman–Crippen LogP) is 8.52. The van der Waals surface area contributed by atoms with E-state index in [1.807, 2.05) is 72.8 Å². The molecule has 0 bridgehead atoms. The van der Waals surface area contributed by atoms with E-state index in [4.69, 9.17) is 11.6 Å². The molecule has 264 valence electrons.